The molecule has 0 aliphatic heterocycles. The number of nitrogens with one attached hydrogen (secondary N) is 1. The minimum absolute atomic E-state index is 0.249. The summed E-state index contributed by atoms with van der Waals surface area (Å²) in [5, 5.41) is 0. The lowest BCUT2D eigenvalue weighted by atomic mass is 10.1. The summed E-state index contributed by atoms with van der Waals surface area (Å²) in [5.41, 5.74) is 0. The summed E-state index contributed by atoms with van der Waals surface area (Å²) in [6.45, 7) is -0.565. The van der Waals surface area contributed by atoms with Crippen LogP contribution in [-0.2, 0) is 0 Å². The maximum atomic E-state index is 12.4. The Bertz CT molecular complexity index is 189. The van der Waals surface area contributed by atoms with Gasteiger partial charge in [-0.15, -0.1) is 0 Å². The van der Waals surface area contributed by atoms with E-state index >= 15 is 0 Å². The van der Waals surface area contributed by atoms with Crippen LogP contribution >= 0.6 is 0 Å². The van der Waals surface area contributed by atoms with E-state index < -0.39 is 31.0 Å². The molecule has 0 amide bonds. The van der Waals surface area contributed by atoms with Gasteiger partial charge in [-0.25, -0.2) is 0 Å². The summed E-state index contributed by atoms with van der Waals surface area (Å²) >= 11 is 0. The van der Waals surface area contributed by atoms with E-state index in [1.165, 1.54) is 0 Å². The molecular weight excluding hydrogens is 235 g/mol. The normalized spacial score (nSPS) is 14.8. The zero-order valence-corrected chi connectivity index (χ0v) is 9.06. The Morgan fingerprint density at radius 2 is 1.36 bits per heavy atom. The third-order valence-electron chi connectivity index (χ3n) is 1.50. The Hall–Kier alpha value is -0.313. The molecule has 1 N–H and O–H groups in total. The molecule has 0 aliphatic rings. The number of rotatable bonds is 4. The van der Waals surface area contributed by atoms with E-state index in [0.717, 1.165) is 0 Å². The first-order valence-electron chi connectivity index (χ1n) is 3.53. The van der Waals surface area contributed by atoms with E-state index in [0.29, 0.717) is 0 Å². The number of alkyl halides is 7. The molecule has 0 bridgehead atoms. The molecule has 14 heavy (non-hydrogen) atoms. The van der Waals surface area contributed by atoms with E-state index in [1.54, 1.807) is 0 Å². The van der Waals surface area contributed by atoms with Gasteiger partial charge in [0.05, 0.1) is 10.4 Å². The van der Waals surface area contributed by atoms with Gasteiger partial charge in [-0.05, 0) is 6.54 Å². The van der Waals surface area contributed by atoms with Crippen molar-refractivity contribution in [2.24, 2.45) is 0 Å². The Morgan fingerprint density at radius 1 is 0.929 bits per heavy atom. The van der Waals surface area contributed by atoms with Gasteiger partial charge < -0.3 is 4.98 Å². The van der Waals surface area contributed by atoms with E-state index in [-0.39, 0.29) is 10.4 Å². The summed E-state index contributed by atoms with van der Waals surface area (Å²) in [6.07, 6.45) is -7.76. The van der Waals surface area contributed by atoms with Crippen molar-refractivity contribution in [3.63, 3.8) is 0 Å². The molecule has 0 aromatic rings. The number of hydrogen-bond acceptors (Lipinski definition) is 1. The lowest BCUT2D eigenvalue weighted by molar-refractivity contribution is -0.355. The van der Waals surface area contributed by atoms with Crippen molar-refractivity contribution in [2.45, 2.75) is 24.4 Å². The Morgan fingerprint density at radius 3 is 1.64 bits per heavy atom. The fourth-order valence-corrected chi connectivity index (χ4v) is 0.896. The first-order chi connectivity index (χ1) is 6.06. The molecule has 86 valence electrons. The van der Waals surface area contributed by atoms with Crippen molar-refractivity contribution >= 4 is 10.4 Å². The monoisotopic (exact) mass is 243 g/mol. The van der Waals surface area contributed by atoms with Crippen molar-refractivity contribution < 1.29 is 30.7 Å². The summed E-state index contributed by atoms with van der Waals surface area (Å²) < 4.78 is 83.6. The van der Waals surface area contributed by atoms with Gasteiger partial charge in [0, 0.05) is 6.42 Å². The summed E-state index contributed by atoms with van der Waals surface area (Å²) in [5.74, 6) is -11.0. The summed E-state index contributed by atoms with van der Waals surface area (Å²) in [4.78, 5) is 2.21. The minimum atomic E-state index is -6.22. The van der Waals surface area contributed by atoms with Crippen LogP contribution in [-0.4, -0.2) is 35.0 Å². The summed E-state index contributed by atoms with van der Waals surface area (Å²) in [6, 6.07) is 0. The van der Waals surface area contributed by atoms with Crippen molar-refractivity contribution in [1.82, 2.24) is 4.98 Å². The molecule has 0 heterocycles. The van der Waals surface area contributed by atoms with Crippen LogP contribution in [0, 0.1) is 0 Å². The average Bonchev–Trinajstić information content (AvgIpc) is 1.98. The van der Waals surface area contributed by atoms with Crippen molar-refractivity contribution in [3.8, 4) is 0 Å². The largest absolute Gasteiger partial charge is 0.459 e. The predicted molar refractivity (Wildman–Crippen MR) is 38.5 cm³/mol. The van der Waals surface area contributed by atoms with E-state index in [4.69, 9.17) is 0 Å². The van der Waals surface area contributed by atoms with Crippen molar-refractivity contribution in [3.05, 3.63) is 0 Å². The minimum Gasteiger partial charge on any atom is -0.345 e. The Balaban J connectivity index is 4.69. The average molecular weight is 243 g/mol. The van der Waals surface area contributed by atoms with Crippen LogP contribution in [0.15, 0.2) is 0 Å². The maximum Gasteiger partial charge on any atom is 0.459 e. The maximum absolute atomic E-state index is 12.4. The van der Waals surface area contributed by atoms with E-state index in [9.17, 15) is 30.7 Å². The quantitative estimate of drug-likeness (QED) is 0.575. The molecular formula is C5H8F7NSi. The SMILES string of the molecule is FC(F)(F)C(F)(F)C(F)(F)CCN[SiH3]. The molecule has 1 nitrogen and oxygen atoms in total. The van der Waals surface area contributed by atoms with E-state index in [2.05, 4.69) is 4.98 Å². The van der Waals surface area contributed by atoms with Crippen molar-refractivity contribution in [2.75, 3.05) is 6.54 Å². The molecule has 0 unspecified atom stereocenters. The molecule has 0 rings (SSSR count). The second kappa shape index (κ2) is 4.05. The predicted octanol–water partition coefficient (Wildman–Crippen LogP) is 1.08. The van der Waals surface area contributed by atoms with Gasteiger partial charge >= 0.3 is 18.0 Å². The highest BCUT2D eigenvalue weighted by atomic mass is 28.2. The molecule has 0 aliphatic carbocycles. The Kier molecular flexibility index (Phi) is 3.96. The van der Waals surface area contributed by atoms with Crippen LogP contribution in [0.3, 0.4) is 0 Å². The molecule has 0 saturated carbocycles. The molecule has 0 aromatic heterocycles. The third kappa shape index (κ3) is 2.59. The summed E-state index contributed by atoms with van der Waals surface area (Å²) in [7, 11) is 0.249. The molecule has 0 aromatic carbocycles. The van der Waals surface area contributed by atoms with E-state index in [1.807, 2.05) is 0 Å². The first kappa shape index (κ1) is 13.7. The standard InChI is InChI=1S/C5H8F7NSi/c6-3(7,1-2-13-14)4(8,9)5(10,11)12/h13H,1-2H2,14H3. The second-order valence-electron chi connectivity index (χ2n) is 2.63. The lowest BCUT2D eigenvalue weighted by Crippen LogP contribution is -2.52. The first-order valence-corrected chi connectivity index (χ1v) is 4.53. The van der Waals surface area contributed by atoms with Crippen LogP contribution in [0.5, 0.6) is 0 Å². The Labute approximate surface area is 78.2 Å². The number of halogens is 7. The van der Waals surface area contributed by atoms with Gasteiger partial charge in [-0.3, -0.25) is 0 Å². The zero-order chi connectivity index (χ0) is 11.6. The molecule has 9 heteroatoms. The van der Waals surface area contributed by atoms with Crippen LogP contribution in [0.1, 0.15) is 6.42 Å². The van der Waals surface area contributed by atoms with Crippen LogP contribution in [0.4, 0.5) is 30.7 Å². The topological polar surface area (TPSA) is 12.0 Å². The van der Waals surface area contributed by atoms with Gasteiger partial charge in [0.2, 0.25) is 0 Å². The van der Waals surface area contributed by atoms with Crippen LogP contribution in [0.25, 0.3) is 0 Å². The van der Waals surface area contributed by atoms with Gasteiger partial charge in [-0.2, -0.15) is 30.7 Å². The van der Waals surface area contributed by atoms with Gasteiger partial charge in [0.1, 0.15) is 0 Å². The fourth-order valence-electron chi connectivity index (χ4n) is 0.646. The van der Waals surface area contributed by atoms with Crippen LogP contribution in [0.2, 0.25) is 0 Å². The van der Waals surface area contributed by atoms with Crippen LogP contribution < -0.4 is 4.98 Å². The molecule has 0 radical (unpaired) electrons. The third-order valence-corrected chi connectivity index (χ3v) is 2.00. The molecule has 0 spiro atoms. The van der Waals surface area contributed by atoms with Gasteiger partial charge in [0.25, 0.3) is 0 Å². The fraction of sp³-hybridized carbons (Fsp3) is 1.00. The lowest BCUT2D eigenvalue weighted by Gasteiger charge is -2.28. The number of hydrogen-bond donors (Lipinski definition) is 1. The smallest absolute Gasteiger partial charge is 0.345 e. The highest BCUT2D eigenvalue weighted by molar-refractivity contribution is 6.04. The van der Waals surface area contributed by atoms with Crippen molar-refractivity contribution in [1.29, 1.82) is 0 Å². The molecule has 0 fully saturated rings. The zero-order valence-electron chi connectivity index (χ0n) is 7.06. The molecule has 0 saturated heterocycles. The molecule has 0 atom stereocenters. The highest BCUT2D eigenvalue weighted by Crippen LogP contribution is 2.47. The van der Waals surface area contributed by atoms with Gasteiger partial charge in [-0.1, -0.05) is 0 Å². The second-order valence-corrected chi connectivity index (χ2v) is 3.34. The highest BCUT2D eigenvalue weighted by Gasteiger charge is 2.72. The van der Waals surface area contributed by atoms with Gasteiger partial charge in [0.15, 0.2) is 0 Å².